The lowest BCUT2D eigenvalue weighted by molar-refractivity contribution is 0.0601. The molecule has 7 heteroatoms. The number of esters is 1. The molecule has 0 aromatic carbocycles. The zero-order valence-corrected chi connectivity index (χ0v) is 12.4. The number of rotatable bonds is 4. The number of carbonyl (C=O) groups excluding carboxylic acids is 1. The zero-order valence-electron chi connectivity index (χ0n) is 11.6. The Morgan fingerprint density at radius 1 is 1.55 bits per heavy atom. The molecule has 2 N–H and O–H groups in total. The Kier molecular flexibility index (Phi) is 4.19. The highest BCUT2D eigenvalue weighted by Gasteiger charge is 2.17. The molecule has 106 valence electrons. The Bertz CT molecular complexity index is 627. The Balaban J connectivity index is 2.29. The van der Waals surface area contributed by atoms with Gasteiger partial charge in [0.2, 0.25) is 0 Å². The van der Waals surface area contributed by atoms with Gasteiger partial charge in [-0.2, -0.15) is 0 Å². The molecule has 0 aliphatic heterocycles. The van der Waals surface area contributed by atoms with E-state index in [1.54, 1.807) is 17.4 Å². The summed E-state index contributed by atoms with van der Waals surface area (Å²) in [5.74, 6) is 0.0674. The molecular weight excluding hydrogens is 276 g/mol. The first-order chi connectivity index (χ1) is 9.51. The van der Waals surface area contributed by atoms with Crippen molar-refractivity contribution in [2.24, 2.45) is 0 Å². The number of nitrogen functional groups attached to an aromatic ring is 1. The Morgan fingerprint density at radius 2 is 2.30 bits per heavy atom. The normalized spacial score (nSPS) is 10.3. The van der Waals surface area contributed by atoms with E-state index in [0.29, 0.717) is 23.6 Å². The summed E-state index contributed by atoms with van der Waals surface area (Å²) in [6.07, 6.45) is 1.52. The second-order valence-electron chi connectivity index (χ2n) is 4.35. The van der Waals surface area contributed by atoms with Crippen molar-refractivity contribution >= 4 is 28.8 Å². The van der Waals surface area contributed by atoms with Gasteiger partial charge in [0.05, 0.1) is 36.2 Å². The maximum absolute atomic E-state index is 11.8. The van der Waals surface area contributed by atoms with Crippen LogP contribution in [0.2, 0.25) is 0 Å². The number of ether oxygens (including phenoxy) is 1. The molecule has 0 saturated carbocycles. The Hall–Kier alpha value is -2.15. The minimum Gasteiger partial charge on any atom is -0.465 e. The van der Waals surface area contributed by atoms with Gasteiger partial charge in [0.1, 0.15) is 11.4 Å². The first kappa shape index (κ1) is 14.3. The summed E-state index contributed by atoms with van der Waals surface area (Å²) in [4.78, 5) is 22.3. The van der Waals surface area contributed by atoms with Crippen molar-refractivity contribution in [3.05, 3.63) is 33.9 Å². The van der Waals surface area contributed by atoms with Crippen LogP contribution in [0.15, 0.2) is 17.6 Å². The summed E-state index contributed by atoms with van der Waals surface area (Å²) in [7, 11) is 3.18. The lowest BCUT2D eigenvalue weighted by Gasteiger charge is -2.19. The van der Waals surface area contributed by atoms with E-state index in [9.17, 15) is 4.79 Å². The van der Waals surface area contributed by atoms with Crippen molar-refractivity contribution in [3.8, 4) is 0 Å². The average molecular weight is 292 g/mol. The van der Waals surface area contributed by atoms with Gasteiger partial charge >= 0.3 is 5.97 Å². The summed E-state index contributed by atoms with van der Waals surface area (Å²) in [5.41, 5.74) is 7.38. The molecule has 0 aliphatic carbocycles. The van der Waals surface area contributed by atoms with Crippen LogP contribution in [0.25, 0.3) is 0 Å². The number of thiazole rings is 1. The summed E-state index contributed by atoms with van der Waals surface area (Å²) in [6, 6.07) is 1.57. The minimum absolute atomic E-state index is 0.349. The van der Waals surface area contributed by atoms with E-state index < -0.39 is 5.97 Å². The topological polar surface area (TPSA) is 81.3 Å². The number of pyridine rings is 1. The van der Waals surface area contributed by atoms with Crippen molar-refractivity contribution in [3.63, 3.8) is 0 Å². The van der Waals surface area contributed by atoms with Gasteiger partial charge in [-0.25, -0.2) is 14.8 Å². The third-order valence-electron chi connectivity index (χ3n) is 2.72. The molecule has 0 amide bonds. The predicted molar refractivity (Wildman–Crippen MR) is 78.9 cm³/mol. The highest BCUT2D eigenvalue weighted by molar-refractivity contribution is 7.09. The lowest BCUT2D eigenvalue weighted by Crippen LogP contribution is -2.21. The molecule has 20 heavy (non-hydrogen) atoms. The molecule has 0 radical (unpaired) electrons. The molecule has 0 spiro atoms. The van der Waals surface area contributed by atoms with Crippen molar-refractivity contribution < 1.29 is 9.53 Å². The number of carbonyl (C=O) groups is 1. The van der Waals surface area contributed by atoms with Crippen LogP contribution in [0, 0.1) is 6.92 Å². The molecule has 0 aliphatic rings. The zero-order chi connectivity index (χ0) is 14.7. The Morgan fingerprint density at radius 3 is 2.90 bits per heavy atom. The van der Waals surface area contributed by atoms with E-state index in [-0.39, 0.29) is 0 Å². The van der Waals surface area contributed by atoms with Gasteiger partial charge < -0.3 is 15.4 Å². The van der Waals surface area contributed by atoms with E-state index in [1.165, 1.54) is 13.3 Å². The fourth-order valence-corrected chi connectivity index (χ4v) is 2.44. The number of nitrogens with zero attached hydrogens (tertiary/aromatic N) is 3. The summed E-state index contributed by atoms with van der Waals surface area (Å²) in [6.45, 7) is 2.51. The summed E-state index contributed by atoms with van der Waals surface area (Å²) < 4.78 is 4.76. The summed E-state index contributed by atoms with van der Waals surface area (Å²) >= 11 is 1.59. The number of nitrogens with two attached hydrogens (primary N) is 1. The van der Waals surface area contributed by atoms with Gasteiger partial charge in [-0.3, -0.25) is 0 Å². The van der Waals surface area contributed by atoms with Crippen LogP contribution in [0.3, 0.4) is 0 Å². The van der Waals surface area contributed by atoms with Gasteiger partial charge in [0, 0.05) is 12.4 Å². The standard InChI is InChI=1S/C13H16N4O2S/c1-8-16-10(7-20-8)6-17(2)12-11(13(18)19-3)4-9(14)5-15-12/h4-5,7H,6,14H2,1-3H3. The fraction of sp³-hybridized carbons (Fsp3) is 0.308. The smallest absolute Gasteiger partial charge is 0.341 e. The van der Waals surface area contributed by atoms with E-state index in [4.69, 9.17) is 10.5 Å². The fourth-order valence-electron chi connectivity index (χ4n) is 1.84. The van der Waals surface area contributed by atoms with E-state index in [2.05, 4.69) is 9.97 Å². The SMILES string of the molecule is COC(=O)c1cc(N)cnc1N(C)Cc1csc(C)n1. The summed E-state index contributed by atoms with van der Waals surface area (Å²) in [5, 5.41) is 2.99. The quantitative estimate of drug-likeness (QED) is 0.866. The number of hydrogen-bond acceptors (Lipinski definition) is 7. The molecular formula is C13H16N4O2S. The highest BCUT2D eigenvalue weighted by atomic mass is 32.1. The number of aromatic nitrogens is 2. The molecule has 6 nitrogen and oxygen atoms in total. The van der Waals surface area contributed by atoms with E-state index in [0.717, 1.165) is 10.7 Å². The van der Waals surface area contributed by atoms with Crippen molar-refractivity contribution in [2.45, 2.75) is 13.5 Å². The minimum atomic E-state index is -0.457. The first-order valence-electron chi connectivity index (χ1n) is 5.97. The third kappa shape index (κ3) is 3.05. The average Bonchev–Trinajstić information content (AvgIpc) is 2.82. The third-order valence-corrected chi connectivity index (χ3v) is 3.54. The van der Waals surface area contributed by atoms with Crippen LogP contribution >= 0.6 is 11.3 Å². The number of anilines is 2. The Labute approximate surface area is 121 Å². The maximum Gasteiger partial charge on any atom is 0.341 e. The van der Waals surface area contributed by atoms with Crippen molar-refractivity contribution in [1.29, 1.82) is 0 Å². The monoisotopic (exact) mass is 292 g/mol. The van der Waals surface area contributed by atoms with Crippen LogP contribution in [-0.4, -0.2) is 30.1 Å². The number of aryl methyl sites for hydroxylation is 1. The molecule has 2 heterocycles. The molecule has 0 unspecified atom stereocenters. The number of methoxy groups -OCH3 is 1. The van der Waals surface area contributed by atoms with Crippen molar-refractivity contribution in [2.75, 3.05) is 24.8 Å². The van der Waals surface area contributed by atoms with Gasteiger partial charge in [0.25, 0.3) is 0 Å². The predicted octanol–water partition coefficient (Wildman–Crippen LogP) is 1.85. The van der Waals surface area contributed by atoms with Crippen LogP contribution < -0.4 is 10.6 Å². The highest BCUT2D eigenvalue weighted by Crippen LogP contribution is 2.22. The molecule has 2 aromatic heterocycles. The van der Waals surface area contributed by atoms with E-state index in [1.807, 2.05) is 24.3 Å². The molecule has 2 rings (SSSR count). The molecule has 0 saturated heterocycles. The molecule has 0 bridgehead atoms. The van der Waals surface area contributed by atoms with Crippen molar-refractivity contribution in [1.82, 2.24) is 9.97 Å². The largest absolute Gasteiger partial charge is 0.465 e. The van der Waals surface area contributed by atoms with Gasteiger partial charge in [-0.1, -0.05) is 0 Å². The van der Waals surface area contributed by atoms with Crippen LogP contribution in [0.1, 0.15) is 21.1 Å². The molecule has 0 fully saturated rings. The maximum atomic E-state index is 11.8. The second kappa shape index (κ2) is 5.87. The van der Waals surface area contributed by atoms with Gasteiger partial charge in [-0.05, 0) is 13.0 Å². The lowest BCUT2D eigenvalue weighted by atomic mass is 10.2. The van der Waals surface area contributed by atoms with Gasteiger partial charge in [-0.15, -0.1) is 11.3 Å². The first-order valence-corrected chi connectivity index (χ1v) is 6.85. The number of hydrogen-bond donors (Lipinski definition) is 1. The van der Waals surface area contributed by atoms with Crippen LogP contribution in [0.4, 0.5) is 11.5 Å². The van der Waals surface area contributed by atoms with E-state index >= 15 is 0 Å². The second-order valence-corrected chi connectivity index (χ2v) is 5.41. The molecule has 2 aromatic rings. The van der Waals surface area contributed by atoms with Crippen LogP contribution in [0.5, 0.6) is 0 Å². The van der Waals surface area contributed by atoms with Gasteiger partial charge in [0.15, 0.2) is 0 Å². The molecule has 0 atom stereocenters. The van der Waals surface area contributed by atoms with Crippen LogP contribution in [-0.2, 0) is 11.3 Å².